The van der Waals surface area contributed by atoms with Gasteiger partial charge in [0.15, 0.2) is 0 Å². The Bertz CT molecular complexity index is 636. The summed E-state index contributed by atoms with van der Waals surface area (Å²) < 4.78 is 5.81. The Morgan fingerprint density at radius 3 is 2.42 bits per heavy atom. The molecule has 2 aromatic carbocycles. The molecule has 1 aliphatic rings. The van der Waals surface area contributed by atoms with Crippen molar-refractivity contribution in [3.63, 3.8) is 0 Å². The molecule has 3 rings (SSSR count). The van der Waals surface area contributed by atoms with Gasteiger partial charge in [0, 0.05) is 6.54 Å². The lowest BCUT2D eigenvalue weighted by molar-refractivity contribution is -0.140. The fourth-order valence-corrected chi connectivity index (χ4v) is 2.91. The molecule has 0 bridgehead atoms. The fraction of sp³-hybridized carbons (Fsp3) is 0.316. The molecule has 1 amide bonds. The summed E-state index contributed by atoms with van der Waals surface area (Å²) in [7, 11) is 0. The average molecular weight is 347 g/mol. The second-order valence-corrected chi connectivity index (χ2v) is 5.85. The van der Waals surface area contributed by atoms with Gasteiger partial charge in [-0.1, -0.05) is 60.7 Å². The molecule has 1 aliphatic heterocycles. The maximum absolute atomic E-state index is 12.6. The molecular formula is C19H23ClN2O2. The molecule has 2 N–H and O–H groups in total. The van der Waals surface area contributed by atoms with Crippen LogP contribution in [0.15, 0.2) is 60.7 Å². The Labute approximate surface area is 149 Å². The fourth-order valence-electron chi connectivity index (χ4n) is 2.91. The van der Waals surface area contributed by atoms with E-state index in [1.807, 2.05) is 65.6 Å². The van der Waals surface area contributed by atoms with Crippen LogP contribution in [0.2, 0.25) is 0 Å². The zero-order valence-corrected chi connectivity index (χ0v) is 14.3. The van der Waals surface area contributed by atoms with Crippen LogP contribution in [0.5, 0.6) is 0 Å². The molecule has 2 atom stereocenters. The van der Waals surface area contributed by atoms with Gasteiger partial charge in [0.2, 0.25) is 5.91 Å². The van der Waals surface area contributed by atoms with Gasteiger partial charge in [0.25, 0.3) is 0 Å². The van der Waals surface area contributed by atoms with Gasteiger partial charge in [-0.05, 0) is 17.5 Å². The lowest BCUT2D eigenvalue weighted by Gasteiger charge is -2.34. The summed E-state index contributed by atoms with van der Waals surface area (Å²) in [5.74, 6) is -0.00177. The third kappa shape index (κ3) is 4.57. The highest BCUT2D eigenvalue weighted by Gasteiger charge is 2.28. The van der Waals surface area contributed by atoms with Crippen LogP contribution in [0.4, 0.5) is 0 Å². The molecule has 2 aromatic rings. The van der Waals surface area contributed by atoms with Crippen molar-refractivity contribution in [3.8, 4) is 0 Å². The van der Waals surface area contributed by atoms with Gasteiger partial charge < -0.3 is 15.4 Å². The van der Waals surface area contributed by atoms with E-state index in [0.717, 1.165) is 11.1 Å². The number of ether oxygens (including phenoxy) is 1. The standard InChI is InChI=1S/C19H22N2O2.ClH/c20-17(13-15-7-3-1-4-8-15)19(22)21-11-12-23-18(14-21)16-9-5-2-6-10-16;/h1-10,17-18H,11-14,20H2;1H/t17-,18?;/m0./s1. The van der Waals surface area contributed by atoms with E-state index in [1.165, 1.54) is 0 Å². The maximum atomic E-state index is 12.6. The number of halogens is 1. The van der Waals surface area contributed by atoms with Gasteiger partial charge in [-0.2, -0.15) is 0 Å². The summed E-state index contributed by atoms with van der Waals surface area (Å²) in [4.78, 5) is 14.5. The number of nitrogens with zero attached hydrogens (tertiary/aromatic N) is 1. The molecule has 1 unspecified atom stereocenters. The van der Waals surface area contributed by atoms with E-state index in [9.17, 15) is 4.79 Å². The smallest absolute Gasteiger partial charge is 0.240 e. The molecule has 128 valence electrons. The largest absolute Gasteiger partial charge is 0.370 e. The highest BCUT2D eigenvalue weighted by atomic mass is 35.5. The SMILES string of the molecule is Cl.N[C@@H](Cc1ccccc1)C(=O)N1CCOC(c2ccccc2)C1. The topological polar surface area (TPSA) is 55.6 Å². The van der Waals surface area contributed by atoms with Crippen molar-refractivity contribution in [2.75, 3.05) is 19.7 Å². The first-order valence-electron chi connectivity index (χ1n) is 7.99. The number of benzene rings is 2. The normalized spacial score (nSPS) is 18.5. The molecule has 0 radical (unpaired) electrons. The van der Waals surface area contributed by atoms with E-state index >= 15 is 0 Å². The zero-order chi connectivity index (χ0) is 16.1. The second-order valence-electron chi connectivity index (χ2n) is 5.85. The van der Waals surface area contributed by atoms with Crippen molar-refractivity contribution >= 4 is 18.3 Å². The van der Waals surface area contributed by atoms with E-state index in [0.29, 0.717) is 26.1 Å². The van der Waals surface area contributed by atoms with Gasteiger partial charge in [-0.3, -0.25) is 4.79 Å². The minimum Gasteiger partial charge on any atom is -0.370 e. The highest BCUT2D eigenvalue weighted by molar-refractivity contribution is 5.85. The zero-order valence-electron chi connectivity index (χ0n) is 13.5. The van der Waals surface area contributed by atoms with Crippen LogP contribution < -0.4 is 5.73 Å². The number of carbonyl (C=O) groups excluding carboxylic acids is 1. The predicted molar refractivity (Wildman–Crippen MR) is 97.1 cm³/mol. The number of morpholine rings is 1. The van der Waals surface area contributed by atoms with Crippen LogP contribution in [0.1, 0.15) is 17.2 Å². The molecule has 0 spiro atoms. The number of hydrogen-bond acceptors (Lipinski definition) is 3. The summed E-state index contributed by atoms with van der Waals surface area (Å²) in [6.07, 6.45) is 0.491. The minimum atomic E-state index is -0.507. The number of hydrogen-bond donors (Lipinski definition) is 1. The van der Waals surface area contributed by atoms with Crippen LogP contribution >= 0.6 is 12.4 Å². The summed E-state index contributed by atoms with van der Waals surface area (Å²) >= 11 is 0. The molecule has 4 nitrogen and oxygen atoms in total. The molecule has 1 heterocycles. The Morgan fingerprint density at radius 1 is 1.12 bits per heavy atom. The van der Waals surface area contributed by atoms with E-state index in [4.69, 9.17) is 10.5 Å². The number of amides is 1. The summed E-state index contributed by atoms with van der Waals surface area (Å²) in [6, 6.07) is 19.4. The van der Waals surface area contributed by atoms with E-state index in [1.54, 1.807) is 0 Å². The van der Waals surface area contributed by atoms with E-state index in [2.05, 4.69) is 0 Å². The van der Waals surface area contributed by atoms with Gasteiger partial charge in [-0.15, -0.1) is 12.4 Å². The lowest BCUT2D eigenvalue weighted by Crippen LogP contribution is -2.50. The van der Waals surface area contributed by atoms with Crippen LogP contribution in [-0.4, -0.2) is 36.5 Å². The molecule has 1 saturated heterocycles. The Kier molecular flexibility index (Phi) is 6.79. The molecular weight excluding hydrogens is 324 g/mol. The van der Waals surface area contributed by atoms with Crippen molar-refractivity contribution in [1.29, 1.82) is 0 Å². The molecule has 24 heavy (non-hydrogen) atoms. The quantitative estimate of drug-likeness (QED) is 0.925. The summed E-state index contributed by atoms with van der Waals surface area (Å²) in [5, 5.41) is 0. The van der Waals surface area contributed by atoms with Gasteiger partial charge >= 0.3 is 0 Å². The maximum Gasteiger partial charge on any atom is 0.240 e. The Hall–Kier alpha value is -1.88. The van der Waals surface area contributed by atoms with Crippen LogP contribution in [-0.2, 0) is 16.0 Å². The second kappa shape index (κ2) is 8.83. The highest BCUT2D eigenvalue weighted by Crippen LogP contribution is 2.22. The van der Waals surface area contributed by atoms with Crippen molar-refractivity contribution in [1.82, 2.24) is 4.90 Å². The van der Waals surface area contributed by atoms with Crippen molar-refractivity contribution in [3.05, 3.63) is 71.8 Å². The van der Waals surface area contributed by atoms with Gasteiger partial charge in [-0.25, -0.2) is 0 Å². The molecule has 0 aromatic heterocycles. The first kappa shape index (κ1) is 18.5. The Balaban J connectivity index is 0.00000208. The number of rotatable bonds is 4. The van der Waals surface area contributed by atoms with Crippen molar-refractivity contribution in [2.45, 2.75) is 18.6 Å². The monoisotopic (exact) mass is 346 g/mol. The molecule has 1 fully saturated rings. The molecule has 0 aliphatic carbocycles. The number of carbonyl (C=O) groups is 1. The Morgan fingerprint density at radius 2 is 1.75 bits per heavy atom. The van der Waals surface area contributed by atoms with Crippen LogP contribution in [0.25, 0.3) is 0 Å². The average Bonchev–Trinajstić information content (AvgIpc) is 2.63. The van der Waals surface area contributed by atoms with Crippen LogP contribution in [0.3, 0.4) is 0 Å². The lowest BCUT2D eigenvalue weighted by atomic mass is 10.0. The van der Waals surface area contributed by atoms with Crippen molar-refractivity contribution < 1.29 is 9.53 Å². The van der Waals surface area contributed by atoms with E-state index < -0.39 is 6.04 Å². The van der Waals surface area contributed by atoms with Crippen LogP contribution in [0, 0.1) is 0 Å². The van der Waals surface area contributed by atoms with Crippen molar-refractivity contribution in [2.24, 2.45) is 5.73 Å². The predicted octanol–water partition coefficient (Wildman–Crippen LogP) is 2.58. The van der Waals surface area contributed by atoms with Gasteiger partial charge in [0.05, 0.1) is 19.2 Å². The van der Waals surface area contributed by atoms with E-state index in [-0.39, 0.29) is 24.4 Å². The molecule has 5 heteroatoms. The number of nitrogens with two attached hydrogens (primary N) is 1. The first-order chi connectivity index (χ1) is 11.2. The third-order valence-corrected chi connectivity index (χ3v) is 4.17. The van der Waals surface area contributed by atoms with Gasteiger partial charge in [0.1, 0.15) is 6.10 Å². The summed E-state index contributed by atoms with van der Waals surface area (Å²) in [6.45, 7) is 1.71. The third-order valence-electron chi connectivity index (χ3n) is 4.17. The first-order valence-corrected chi connectivity index (χ1v) is 7.99. The summed E-state index contributed by atoms with van der Waals surface area (Å²) in [5.41, 5.74) is 8.32. The molecule has 0 saturated carbocycles. The minimum absolute atomic E-state index is 0.